The number of anilines is 1. The van der Waals surface area contributed by atoms with E-state index in [4.69, 9.17) is 0 Å². The Kier molecular flexibility index (Phi) is 5.05. The zero-order valence-corrected chi connectivity index (χ0v) is 11.9. The maximum absolute atomic E-state index is 12.1. The first-order valence-electron chi connectivity index (χ1n) is 6.99. The van der Waals surface area contributed by atoms with Crippen molar-refractivity contribution >= 4 is 23.3 Å². The number of imide groups is 1. The number of carbonyl (C=O) groups excluding carboxylic acids is 3. The number of ketones is 1. The van der Waals surface area contributed by atoms with Crippen LogP contribution in [0.4, 0.5) is 5.69 Å². The summed E-state index contributed by atoms with van der Waals surface area (Å²) in [7, 11) is 1.78. The molecular formula is C15H19N3O3. The van der Waals surface area contributed by atoms with Crippen LogP contribution in [-0.2, 0) is 9.59 Å². The number of amides is 2. The van der Waals surface area contributed by atoms with Gasteiger partial charge in [-0.25, -0.2) is 0 Å². The van der Waals surface area contributed by atoms with Crippen molar-refractivity contribution in [1.82, 2.24) is 10.6 Å². The summed E-state index contributed by atoms with van der Waals surface area (Å²) in [6.45, 7) is 0.527. The Morgan fingerprint density at radius 2 is 2.10 bits per heavy atom. The van der Waals surface area contributed by atoms with Crippen LogP contribution in [0, 0.1) is 0 Å². The van der Waals surface area contributed by atoms with Crippen LogP contribution >= 0.6 is 0 Å². The summed E-state index contributed by atoms with van der Waals surface area (Å²) in [5.74, 6) is -0.475. The van der Waals surface area contributed by atoms with Crippen LogP contribution in [-0.4, -0.2) is 37.2 Å². The molecule has 0 bridgehead atoms. The maximum Gasteiger partial charge on any atom is 0.244 e. The fraction of sp³-hybridized carbons (Fsp3) is 0.400. The van der Waals surface area contributed by atoms with Crippen molar-refractivity contribution in [3.63, 3.8) is 0 Å². The number of Topliss-reactive ketones (excluding diaryl/α,β-unsaturated/α-hetero) is 1. The zero-order valence-electron chi connectivity index (χ0n) is 11.9. The summed E-state index contributed by atoms with van der Waals surface area (Å²) in [6.07, 6.45) is 1.19. The molecule has 6 heteroatoms. The molecular weight excluding hydrogens is 270 g/mol. The Bertz CT molecular complexity index is 557. The molecule has 1 aromatic rings. The van der Waals surface area contributed by atoms with E-state index in [9.17, 15) is 14.4 Å². The van der Waals surface area contributed by atoms with E-state index in [-0.39, 0.29) is 24.0 Å². The van der Waals surface area contributed by atoms with Gasteiger partial charge in [0.2, 0.25) is 11.8 Å². The van der Waals surface area contributed by atoms with Crippen molar-refractivity contribution in [2.24, 2.45) is 0 Å². The number of rotatable bonds is 7. The summed E-state index contributed by atoms with van der Waals surface area (Å²) < 4.78 is 0. The SMILES string of the molecule is CNc1ccccc1C(=O)CCCNC1CC(=O)NC1=O. The second-order valence-electron chi connectivity index (χ2n) is 4.95. The lowest BCUT2D eigenvalue weighted by molar-refractivity contribution is -0.125. The molecule has 1 heterocycles. The average Bonchev–Trinajstić information content (AvgIpc) is 2.81. The summed E-state index contributed by atoms with van der Waals surface area (Å²) in [5, 5.41) is 8.23. The van der Waals surface area contributed by atoms with Crippen molar-refractivity contribution in [3.05, 3.63) is 29.8 Å². The lowest BCUT2D eigenvalue weighted by Crippen LogP contribution is -2.36. The topological polar surface area (TPSA) is 87.3 Å². The zero-order chi connectivity index (χ0) is 15.2. The molecule has 3 N–H and O–H groups in total. The van der Waals surface area contributed by atoms with Gasteiger partial charge >= 0.3 is 0 Å². The average molecular weight is 289 g/mol. The van der Waals surface area contributed by atoms with Gasteiger partial charge in [0.1, 0.15) is 0 Å². The molecule has 112 valence electrons. The molecule has 1 unspecified atom stereocenters. The fourth-order valence-corrected chi connectivity index (χ4v) is 2.32. The van der Waals surface area contributed by atoms with Gasteiger partial charge in [0.05, 0.1) is 12.5 Å². The van der Waals surface area contributed by atoms with Crippen molar-refractivity contribution in [3.8, 4) is 0 Å². The Hall–Kier alpha value is -2.21. The largest absolute Gasteiger partial charge is 0.388 e. The summed E-state index contributed by atoms with van der Waals surface area (Å²) in [4.78, 5) is 34.5. The molecule has 2 amide bonds. The lowest BCUT2D eigenvalue weighted by atomic mass is 10.0. The second kappa shape index (κ2) is 6.99. The minimum absolute atomic E-state index is 0.0636. The normalized spacial score (nSPS) is 17.7. The monoisotopic (exact) mass is 289 g/mol. The quantitative estimate of drug-likeness (QED) is 0.391. The maximum atomic E-state index is 12.1. The van der Waals surface area contributed by atoms with E-state index < -0.39 is 6.04 Å². The standard InChI is InChI=1S/C15H19N3O3/c1-16-11-6-3-2-5-10(11)13(19)7-4-8-17-12-9-14(20)18-15(12)21/h2-3,5-6,12,16-17H,4,7-9H2,1H3,(H,18,20,21). The number of hydrogen-bond acceptors (Lipinski definition) is 5. The molecule has 6 nitrogen and oxygen atoms in total. The smallest absolute Gasteiger partial charge is 0.244 e. The van der Waals surface area contributed by atoms with E-state index in [1.807, 2.05) is 18.2 Å². The predicted octanol–water partition coefficient (Wildman–Crippen LogP) is 0.696. The molecule has 0 aliphatic carbocycles. The van der Waals surface area contributed by atoms with E-state index in [1.165, 1.54) is 0 Å². The molecule has 0 aromatic heterocycles. The van der Waals surface area contributed by atoms with Crippen LogP contribution in [0.2, 0.25) is 0 Å². The van der Waals surface area contributed by atoms with Crippen LogP contribution < -0.4 is 16.0 Å². The van der Waals surface area contributed by atoms with E-state index in [2.05, 4.69) is 16.0 Å². The Morgan fingerprint density at radius 1 is 1.33 bits per heavy atom. The molecule has 1 aliphatic heterocycles. The lowest BCUT2D eigenvalue weighted by Gasteiger charge is -2.10. The third-order valence-corrected chi connectivity index (χ3v) is 3.44. The van der Waals surface area contributed by atoms with E-state index in [0.29, 0.717) is 24.9 Å². The van der Waals surface area contributed by atoms with Crippen LogP contribution in [0.3, 0.4) is 0 Å². The Labute approximate surface area is 123 Å². The number of carbonyl (C=O) groups is 3. The molecule has 21 heavy (non-hydrogen) atoms. The number of benzene rings is 1. The Balaban J connectivity index is 1.77. The minimum atomic E-state index is -0.461. The van der Waals surface area contributed by atoms with Gasteiger partial charge in [-0.15, -0.1) is 0 Å². The van der Waals surface area contributed by atoms with Crippen molar-refractivity contribution in [2.75, 3.05) is 18.9 Å². The number of nitrogens with one attached hydrogen (secondary N) is 3. The number of para-hydroxylation sites is 1. The van der Waals surface area contributed by atoms with Crippen LogP contribution in [0.25, 0.3) is 0 Å². The Morgan fingerprint density at radius 3 is 2.76 bits per heavy atom. The summed E-state index contributed by atoms with van der Waals surface area (Å²) in [5.41, 5.74) is 1.49. The molecule has 0 radical (unpaired) electrons. The highest BCUT2D eigenvalue weighted by Crippen LogP contribution is 2.16. The summed E-state index contributed by atoms with van der Waals surface area (Å²) >= 11 is 0. The molecule has 1 atom stereocenters. The van der Waals surface area contributed by atoms with Crippen molar-refractivity contribution in [1.29, 1.82) is 0 Å². The molecule has 0 saturated carbocycles. The first-order chi connectivity index (χ1) is 10.1. The first-order valence-corrected chi connectivity index (χ1v) is 6.99. The molecule has 0 spiro atoms. The van der Waals surface area contributed by atoms with Gasteiger partial charge in [-0.2, -0.15) is 0 Å². The van der Waals surface area contributed by atoms with Crippen LogP contribution in [0.5, 0.6) is 0 Å². The van der Waals surface area contributed by atoms with Crippen LogP contribution in [0.1, 0.15) is 29.6 Å². The van der Waals surface area contributed by atoms with Crippen LogP contribution in [0.15, 0.2) is 24.3 Å². The third kappa shape index (κ3) is 3.88. The third-order valence-electron chi connectivity index (χ3n) is 3.44. The predicted molar refractivity (Wildman–Crippen MR) is 79.1 cm³/mol. The fourth-order valence-electron chi connectivity index (χ4n) is 2.32. The highest BCUT2D eigenvalue weighted by molar-refractivity contribution is 6.05. The van der Waals surface area contributed by atoms with Gasteiger partial charge in [0.15, 0.2) is 5.78 Å². The molecule has 1 saturated heterocycles. The highest BCUT2D eigenvalue weighted by atomic mass is 16.2. The minimum Gasteiger partial charge on any atom is -0.388 e. The van der Waals surface area contributed by atoms with Gasteiger partial charge < -0.3 is 10.6 Å². The second-order valence-corrected chi connectivity index (χ2v) is 4.95. The molecule has 1 fully saturated rings. The highest BCUT2D eigenvalue weighted by Gasteiger charge is 2.29. The summed E-state index contributed by atoms with van der Waals surface area (Å²) in [6, 6.07) is 6.91. The van der Waals surface area contributed by atoms with Gasteiger partial charge in [0.25, 0.3) is 0 Å². The van der Waals surface area contributed by atoms with E-state index >= 15 is 0 Å². The first kappa shape index (κ1) is 15.2. The van der Waals surface area contributed by atoms with Gasteiger partial charge in [0, 0.05) is 24.7 Å². The molecule has 1 aliphatic rings. The molecule has 1 aromatic carbocycles. The van der Waals surface area contributed by atoms with Gasteiger partial charge in [-0.3, -0.25) is 19.7 Å². The van der Waals surface area contributed by atoms with Gasteiger partial charge in [-0.05, 0) is 25.1 Å². The van der Waals surface area contributed by atoms with Gasteiger partial charge in [-0.1, -0.05) is 12.1 Å². The van der Waals surface area contributed by atoms with E-state index in [1.54, 1.807) is 13.1 Å². The number of hydrogen-bond donors (Lipinski definition) is 3. The van der Waals surface area contributed by atoms with E-state index in [0.717, 1.165) is 5.69 Å². The molecule has 2 rings (SSSR count). The van der Waals surface area contributed by atoms with Crippen molar-refractivity contribution < 1.29 is 14.4 Å². The van der Waals surface area contributed by atoms with Crippen molar-refractivity contribution in [2.45, 2.75) is 25.3 Å².